The fraction of sp³-hybridized carbons (Fsp3) is 0.0508. The van der Waals surface area contributed by atoms with Crippen LogP contribution in [-0.2, 0) is 5.41 Å². The third-order valence-electron chi connectivity index (χ3n) is 14.2. The van der Waals surface area contributed by atoms with Crippen LogP contribution >= 0.6 is 0 Å². The first kappa shape index (κ1) is 34.6. The first-order valence-electron chi connectivity index (χ1n) is 21.8. The van der Waals surface area contributed by atoms with E-state index in [0.29, 0.717) is 0 Å². The smallest absolute Gasteiger partial charge is 0.111 e. The van der Waals surface area contributed by atoms with Crippen LogP contribution in [0.2, 0.25) is 0 Å². The van der Waals surface area contributed by atoms with E-state index >= 15 is 0 Å². The van der Waals surface area contributed by atoms with E-state index in [1.54, 1.807) is 0 Å². The molecule has 14 rings (SSSR count). The number of aromatic nitrogens is 4. The van der Waals surface area contributed by atoms with E-state index in [1.807, 2.05) is 0 Å². The van der Waals surface area contributed by atoms with Gasteiger partial charge in [-0.2, -0.15) is 0 Å². The number of fused-ring (bicyclic) bond motifs is 16. The number of rotatable bonds is 3. The molecule has 10 aromatic carbocycles. The normalized spacial score (nSPS) is 13.4. The molecule has 63 heavy (non-hydrogen) atoms. The number of aryl methyl sites for hydroxylation is 2. The van der Waals surface area contributed by atoms with E-state index in [0.717, 1.165) is 45.1 Å². The van der Waals surface area contributed by atoms with Gasteiger partial charge in [-0.3, -0.25) is 9.13 Å². The molecule has 0 saturated carbocycles. The Kier molecular flexibility index (Phi) is 6.87. The average Bonchev–Trinajstić information content (AvgIpc) is 4.04. The van der Waals surface area contributed by atoms with Gasteiger partial charge in [0.05, 0.1) is 38.9 Å². The Morgan fingerprint density at radius 2 is 0.825 bits per heavy atom. The highest BCUT2D eigenvalue weighted by molar-refractivity contribution is 6.20. The molecule has 0 fully saturated rings. The van der Waals surface area contributed by atoms with Gasteiger partial charge in [0.1, 0.15) is 11.6 Å². The van der Waals surface area contributed by atoms with Crippen LogP contribution in [0.25, 0.3) is 99.1 Å². The predicted octanol–water partition coefficient (Wildman–Crippen LogP) is 14.5. The fourth-order valence-electron chi connectivity index (χ4n) is 11.9. The zero-order valence-electron chi connectivity index (χ0n) is 34.8. The molecule has 0 N–H and O–H groups in total. The standard InChI is InChI=1S/C59H38N4/c1-35-60-50-27-11-13-29-54(50)62(35)52-31-15-22-41-44(52)34-45-42(23-16-32-53(45)63-36(2)61-51-28-12-14-30-55(51)63)56(41)46-33-37-17-3-4-18-38(37)57-43-21-7-10-26-49(43)59(58(46)57)47-24-8-5-19-39(47)40-20-6-9-25-48(40)59/h3-34H,1-2H3. The van der Waals surface area contributed by atoms with E-state index in [9.17, 15) is 0 Å². The van der Waals surface area contributed by atoms with Gasteiger partial charge >= 0.3 is 0 Å². The van der Waals surface area contributed by atoms with Crippen LogP contribution in [0, 0.1) is 13.8 Å². The summed E-state index contributed by atoms with van der Waals surface area (Å²) in [4.78, 5) is 10.2. The summed E-state index contributed by atoms with van der Waals surface area (Å²) in [6, 6.07) is 72.2. The third kappa shape index (κ3) is 4.39. The molecule has 0 amide bonds. The molecular formula is C59H38N4. The van der Waals surface area contributed by atoms with Crippen molar-refractivity contribution in [2.24, 2.45) is 0 Å². The lowest BCUT2D eigenvalue weighted by Gasteiger charge is -2.33. The Hall–Kier alpha value is -8.08. The van der Waals surface area contributed by atoms with Gasteiger partial charge in [0, 0.05) is 10.8 Å². The van der Waals surface area contributed by atoms with E-state index in [2.05, 4.69) is 217 Å². The molecule has 0 unspecified atom stereocenters. The second-order valence-corrected chi connectivity index (χ2v) is 17.2. The zero-order chi connectivity index (χ0) is 41.6. The van der Waals surface area contributed by atoms with Crippen molar-refractivity contribution in [3.05, 3.63) is 228 Å². The molecule has 4 heteroatoms. The van der Waals surface area contributed by atoms with Crippen LogP contribution in [0.1, 0.15) is 33.9 Å². The molecule has 4 nitrogen and oxygen atoms in total. The molecular weight excluding hydrogens is 765 g/mol. The fourth-order valence-corrected chi connectivity index (χ4v) is 11.9. The molecule has 0 aliphatic heterocycles. The molecule has 2 aliphatic rings. The summed E-state index contributed by atoms with van der Waals surface area (Å²) in [6.45, 7) is 4.25. The molecule has 0 radical (unpaired) electrons. The van der Waals surface area contributed by atoms with Crippen molar-refractivity contribution < 1.29 is 0 Å². The van der Waals surface area contributed by atoms with Gasteiger partial charge in [0.2, 0.25) is 0 Å². The highest BCUT2D eigenvalue weighted by Gasteiger charge is 2.53. The summed E-state index contributed by atoms with van der Waals surface area (Å²) >= 11 is 0. The second-order valence-electron chi connectivity index (χ2n) is 17.2. The highest BCUT2D eigenvalue weighted by Crippen LogP contribution is 2.66. The number of para-hydroxylation sites is 4. The Balaban J connectivity index is 1.22. The lowest BCUT2D eigenvalue weighted by atomic mass is 9.68. The summed E-state index contributed by atoms with van der Waals surface area (Å²) in [5.74, 6) is 1.91. The van der Waals surface area contributed by atoms with Gasteiger partial charge in [-0.05, 0) is 140 Å². The number of nitrogens with zero attached hydrogens (tertiary/aromatic N) is 4. The minimum absolute atomic E-state index is 0.559. The zero-order valence-corrected chi connectivity index (χ0v) is 34.8. The van der Waals surface area contributed by atoms with Crippen molar-refractivity contribution >= 4 is 54.4 Å². The van der Waals surface area contributed by atoms with Crippen LogP contribution in [0.3, 0.4) is 0 Å². The van der Waals surface area contributed by atoms with Gasteiger partial charge < -0.3 is 0 Å². The van der Waals surface area contributed by atoms with Gasteiger partial charge in [-0.25, -0.2) is 9.97 Å². The summed E-state index contributed by atoms with van der Waals surface area (Å²) < 4.78 is 4.69. The molecule has 1 spiro atoms. The third-order valence-corrected chi connectivity index (χ3v) is 14.2. The minimum atomic E-state index is -0.559. The maximum atomic E-state index is 5.09. The molecule has 0 saturated heterocycles. The van der Waals surface area contributed by atoms with Crippen molar-refractivity contribution in [1.82, 2.24) is 19.1 Å². The highest BCUT2D eigenvalue weighted by atomic mass is 15.1. The van der Waals surface area contributed by atoms with Crippen LogP contribution in [0.5, 0.6) is 0 Å². The van der Waals surface area contributed by atoms with Crippen molar-refractivity contribution in [3.63, 3.8) is 0 Å². The van der Waals surface area contributed by atoms with Gasteiger partial charge in [0.25, 0.3) is 0 Å². The number of hydrogen-bond donors (Lipinski definition) is 0. The average molecular weight is 803 g/mol. The van der Waals surface area contributed by atoms with Crippen LogP contribution < -0.4 is 0 Å². The Labute approximate surface area is 364 Å². The Morgan fingerprint density at radius 1 is 0.365 bits per heavy atom. The van der Waals surface area contributed by atoms with Crippen molar-refractivity contribution in [1.29, 1.82) is 0 Å². The Bertz CT molecular complexity index is 3770. The van der Waals surface area contributed by atoms with Crippen LogP contribution in [0.4, 0.5) is 0 Å². The van der Waals surface area contributed by atoms with Crippen LogP contribution in [-0.4, -0.2) is 19.1 Å². The quantitative estimate of drug-likeness (QED) is 0.167. The van der Waals surface area contributed by atoms with Gasteiger partial charge in [0.15, 0.2) is 0 Å². The summed E-state index contributed by atoms with van der Waals surface area (Å²) in [5, 5.41) is 7.23. The molecule has 2 heterocycles. The number of benzene rings is 10. The lowest BCUT2D eigenvalue weighted by molar-refractivity contribution is 0.796. The minimum Gasteiger partial charge on any atom is -0.296 e. The maximum absolute atomic E-state index is 5.09. The van der Waals surface area contributed by atoms with E-state index < -0.39 is 5.41 Å². The van der Waals surface area contributed by atoms with Gasteiger partial charge in [-0.15, -0.1) is 0 Å². The summed E-state index contributed by atoms with van der Waals surface area (Å²) in [7, 11) is 0. The van der Waals surface area contributed by atoms with Crippen LogP contribution in [0.15, 0.2) is 194 Å². The molecule has 0 atom stereocenters. The maximum Gasteiger partial charge on any atom is 0.111 e. The first-order valence-corrected chi connectivity index (χ1v) is 21.8. The Morgan fingerprint density at radius 3 is 1.41 bits per heavy atom. The molecule has 0 bridgehead atoms. The number of imidazole rings is 2. The second kappa shape index (κ2) is 12.5. The monoisotopic (exact) mass is 802 g/mol. The van der Waals surface area contributed by atoms with Crippen molar-refractivity contribution in [3.8, 4) is 44.8 Å². The van der Waals surface area contributed by atoms with Crippen molar-refractivity contribution in [2.75, 3.05) is 0 Å². The van der Waals surface area contributed by atoms with E-state index in [4.69, 9.17) is 9.97 Å². The van der Waals surface area contributed by atoms with Gasteiger partial charge in [-0.1, -0.05) is 146 Å². The largest absolute Gasteiger partial charge is 0.296 e. The van der Waals surface area contributed by atoms with Crippen molar-refractivity contribution in [2.45, 2.75) is 19.3 Å². The number of hydrogen-bond acceptors (Lipinski definition) is 2. The molecule has 2 aliphatic carbocycles. The summed E-state index contributed by atoms with van der Waals surface area (Å²) in [5.41, 5.74) is 18.8. The topological polar surface area (TPSA) is 35.6 Å². The molecule has 294 valence electrons. The predicted molar refractivity (Wildman–Crippen MR) is 259 cm³/mol. The molecule has 12 aromatic rings. The van der Waals surface area contributed by atoms with E-state index in [1.165, 1.54) is 88.0 Å². The first-order chi connectivity index (χ1) is 31.1. The lowest BCUT2D eigenvalue weighted by Crippen LogP contribution is -2.26. The SMILES string of the molecule is Cc1nc2ccccc2n1-c1cccc2c(-c3cc4ccccc4c4c3C3(c5ccccc5-c5ccccc53)c3ccccc3-4)c3cccc(-n4c(C)nc5ccccc54)c3cc12. The molecule has 2 aromatic heterocycles. The van der Waals surface area contributed by atoms with E-state index in [-0.39, 0.29) is 0 Å². The summed E-state index contributed by atoms with van der Waals surface area (Å²) in [6.07, 6.45) is 0.